The van der Waals surface area contributed by atoms with Crippen molar-refractivity contribution in [3.8, 4) is 5.82 Å². The highest BCUT2D eigenvalue weighted by atomic mass is 19.1. The van der Waals surface area contributed by atoms with Crippen molar-refractivity contribution in [3.63, 3.8) is 0 Å². The van der Waals surface area contributed by atoms with E-state index in [0.717, 1.165) is 11.1 Å². The molecule has 2 amide bonds. The van der Waals surface area contributed by atoms with Crippen molar-refractivity contribution < 1.29 is 9.18 Å². The van der Waals surface area contributed by atoms with E-state index in [1.807, 2.05) is 19.9 Å². The van der Waals surface area contributed by atoms with Crippen LogP contribution in [0.2, 0.25) is 0 Å². The Balaban J connectivity index is 1.59. The number of carbonyl (C=O) groups excluding carboxylic acids is 1. The molecule has 2 N–H and O–H groups in total. The Hall–Kier alpha value is -3.29. The molecule has 7 nitrogen and oxygen atoms in total. The summed E-state index contributed by atoms with van der Waals surface area (Å²) in [5, 5.41) is 9.81. The Kier molecular flexibility index (Phi) is 5.44. The quantitative estimate of drug-likeness (QED) is 0.701. The maximum Gasteiger partial charge on any atom is 0.315 e. The van der Waals surface area contributed by atoms with E-state index in [0.29, 0.717) is 18.8 Å². The number of nitrogens with zero attached hydrogens (tertiary/aromatic N) is 4. The summed E-state index contributed by atoms with van der Waals surface area (Å²) in [6, 6.07) is 9.53. The van der Waals surface area contributed by atoms with E-state index < -0.39 is 5.54 Å². The summed E-state index contributed by atoms with van der Waals surface area (Å²) in [4.78, 5) is 20.5. The number of carbonyl (C=O) groups is 1. The topological polar surface area (TPSA) is 84.7 Å². The predicted octanol–water partition coefficient (Wildman–Crippen LogP) is 2.93. The molecule has 0 spiro atoms. The molecule has 0 bridgehead atoms. The number of benzene rings is 1. The zero-order chi connectivity index (χ0) is 19.3. The van der Waals surface area contributed by atoms with Gasteiger partial charge in [0, 0.05) is 12.7 Å². The van der Waals surface area contributed by atoms with E-state index in [1.165, 1.54) is 18.5 Å². The van der Waals surface area contributed by atoms with Crippen molar-refractivity contribution in [3.05, 3.63) is 72.2 Å². The predicted molar refractivity (Wildman–Crippen MR) is 98.6 cm³/mol. The normalized spacial score (nSPS) is 13.0. The molecule has 0 saturated heterocycles. The second-order valence-corrected chi connectivity index (χ2v) is 6.36. The standard InChI is InChI=1S/C19H21FN6O/c1-3-19(2,15-5-7-16(20)8-6-15)25-18(27)23-11-14-4-9-17(22-10-14)26-13-21-12-24-26/h4-10,12-13H,3,11H2,1-2H3,(H2,23,25,27). The maximum atomic E-state index is 13.2. The van der Waals surface area contributed by atoms with Gasteiger partial charge in [-0.25, -0.2) is 23.8 Å². The molecule has 0 aliphatic carbocycles. The van der Waals surface area contributed by atoms with Crippen LogP contribution >= 0.6 is 0 Å². The molecule has 1 unspecified atom stereocenters. The molecule has 1 atom stereocenters. The van der Waals surface area contributed by atoms with E-state index in [2.05, 4.69) is 25.7 Å². The van der Waals surface area contributed by atoms with Gasteiger partial charge in [0.15, 0.2) is 5.82 Å². The van der Waals surface area contributed by atoms with Crippen molar-refractivity contribution in [2.75, 3.05) is 0 Å². The SMILES string of the molecule is CCC(C)(NC(=O)NCc1ccc(-n2cncn2)nc1)c1ccc(F)cc1. The van der Waals surface area contributed by atoms with Gasteiger partial charge in [0.25, 0.3) is 0 Å². The van der Waals surface area contributed by atoms with Gasteiger partial charge in [-0.3, -0.25) is 0 Å². The summed E-state index contributed by atoms with van der Waals surface area (Å²) in [7, 11) is 0. The molecule has 140 valence electrons. The van der Waals surface area contributed by atoms with E-state index >= 15 is 0 Å². The zero-order valence-electron chi connectivity index (χ0n) is 15.2. The minimum Gasteiger partial charge on any atom is -0.334 e. The molecule has 0 radical (unpaired) electrons. The number of aromatic nitrogens is 4. The second-order valence-electron chi connectivity index (χ2n) is 6.36. The summed E-state index contributed by atoms with van der Waals surface area (Å²) in [6.45, 7) is 4.21. The fourth-order valence-corrected chi connectivity index (χ4v) is 2.64. The first-order chi connectivity index (χ1) is 13.0. The lowest BCUT2D eigenvalue weighted by Gasteiger charge is -2.30. The molecular weight excluding hydrogens is 347 g/mol. The van der Waals surface area contributed by atoms with E-state index in [1.54, 1.807) is 35.4 Å². The fraction of sp³-hybridized carbons (Fsp3) is 0.263. The summed E-state index contributed by atoms with van der Waals surface area (Å²) in [5.41, 5.74) is 1.11. The first kappa shape index (κ1) is 18.5. The number of hydrogen-bond acceptors (Lipinski definition) is 4. The van der Waals surface area contributed by atoms with Gasteiger partial charge < -0.3 is 10.6 Å². The second kappa shape index (κ2) is 7.94. The first-order valence-corrected chi connectivity index (χ1v) is 8.62. The van der Waals surface area contributed by atoms with Crippen molar-refractivity contribution >= 4 is 6.03 Å². The zero-order valence-corrected chi connectivity index (χ0v) is 15.2. The maximum absolute atomic E-state index is 13.2. The molecule has 0 fully saturated rings. The van der Waals surface area contributed by atoms with Crippen LogP contribution in [0, 0.1) is 5.82 Å². The number of urea groups is 1. The first-order valence-electron chi connectivity index (χ1n) is 8.62. The van der Waals surface area contributed by atoms with Crippen molar-refractivity contribution in [2.24, 2.45) is 0 Å². The lowest BCUT2D eigenvalue weighted by atomic mass is 9.89. The van der Waals surface area contributed by atoms with Crippen molar-refractivity contribution in [1.82, 2.24) is 30.4 Å². The monoisotopic (exact) mass is 368 g/mol. The minimum absolute atomic E-state index is 0.302. The Labute approximate surface area is 156 Å². The van der Waals surface area contributed by atoms with Crippen LogP contribution in [0.15, 0.2) is 55.2 Å². The highest BCUT2D eigenvalue weighted by molar-refractivity contribution is 5.75. The molecule has 0 aliphatic heterocycles. The van der Waals surface area contributed by atoms with Gasteiger partial charge in [-0.05, 0) is 42.7 Å². The highest BCUT2D eigenvalue weighted by Crippen LogP contribution is 2.24. The van der Waals surface area contributed by atoms with Gasteiger partial charge >= 0.3 is 6.03 Å². The molecule has 2 aromatic heterocycles. The average Bonchev–Trinajstić information content (AvgIpc) is 3.22. The minimum atomic E-state index is -0.590. The number of amides is 2. The lowest BCUT2D eigenvalue weighted by molar-refractivity contribution is 0.225. The molecular formula is C19H21FN6O. The molecule has 0 aliphatic rings. The average molecular weight is 368 g/mol. The number of rotatable bonds is 6. The van der Waals surface area contributed by atoms with Crippen molar-refractivity contribution in [2.45, 2.75) is 32.4 Å². The Bertz CT molecular complexity index is 880. The van der Waals surface area contributed by atoms with Gasteiger partial charge in [0.1, 0.15) is 18.5 Å². The van der Waals surface area contributed by atoms with Gasteiger partial charge in [0.2, 0.25) is 0 Å². The van der Waals surface area contributed by atoms with Gasteiger partial charge in [-0.1, -0.05) is 25.1 Å². The van der Waals surface area contributed by atoms with E-state index in [9.17, 15) is 9.18 Å². The van der Waals surface area contributed by atoms with Crippen molar-refractivity contribution in [1.29, 1.82) is 0 Å². The van der Waals surface area contributed by atoms with Crippen LogP contribution < -0.4 is 10.6 Å². The van der Waals surface area contributed by atoms with Crippen LogP contribution in [0.5, 0.6) is 0 Å². The molecule has 8 heteroatoms. The number of pyridine rings is 1. The number of halogens is 1. The third-order valence-electron chi connectivity index (χ3n) is 4.49. The molecule has 3 rings (SSSR count). The van der Waals surface area contributed by atoms with Gasteiger partial charge in [0.05, 0.1) is 5.54 Å². The van der Waals surface area contributed by atoms with Crippen LogP contribution in [0.4, 0.5) is 9.18 Å². The Morgan fingerprint density at radius 2 is 2.00 bits per heavy atom. The third-order valence-corrected chi connectivity index (χ3v) is 4.49. The summed E-state index contributed by atoms with van der Waals surface area (Å²) in [6.07, 6.45) is 5.35. The van der Waals surface area contributed by atoms with Crippen LogP contribution in [0.1, 0.15) is 31.4 Å². The molecule has 0 saturated carbocycles. The van der Waals surface area contributed by atoms with Crippen LogP contribution in [-0.2, 0) is 12.1 Å². The largest absolute Gasteiger partial charge is 0.334 e. The molecule has 27 heavy (non-hydrogen) atoms. The number of nitrogens with one attached hydrogen (secondary N) is 2. The Morgan fingerprint density at radius 1 is 1.22 bits per heavy atom. The van der Waals surface area contributed by atoms with Gasteiger partial charge in [-0.2, -0.15) is 5.10 Å². The molecule has 3 aromatic rings. The van der Waals surface area contributed by atoms with Gasteiger partial charge in [-0.15, -0.1) is 0 Å². The lowest BCUT2D eigenvalue weighted by Crippen LogP contribution is -2.47. The fourth-order valence-electron chi connectivity index (χ4n) is 2.64. The van der Waals surface area contributed by atoms with Crippen LogP contribution in [-0.4, -0.2) is 25.8 Å². The summed E-state index contributed by atoms with van der Waals surface area (Å²) < 4.78 is 14.7. The van der Waals surface area contributed by atoms with Crippen LogP contribution in [0.25, 0.3) is 5.82 Å². The Morgan fingerprint density at radius 3 is 2.59 bits per heavy atom. The smallest absolute Gasteiger partial charge is 0.315 e. The van der Waals surface area contributed by atoms with E-state index in [4.69, 9.17) is 0 Å². The number of hydrogen-bond donors (Lipinski definition) is 2. The molecule has 1 aromatic carbocycles. The highest BCUT2D eigenvalue weighted by Gasteiger charge is 2.26. The van der Waals surface area contributed by atoms with E-state index in [-0.39, 0.29) is 11.8 Å². The molecule has 2 heterocycles. The summed E-state index contributed by atoms with van der Waals surface area (Å²) in [5.74, 6) is 0.346. The summed E-state index contributed by atoms with van der Waals surface area (Å²) >= 11 is 0. The third kappa shape index (κ3) is 4.46. The van der Waals surface area contributed by atoms with Crippen LogP contribution in [0.3, 0.4) is 0 Å².